The molecule has 34 heavy (non-hydrogen) atoms. The number of pyridine rings is 3. The van der Waals surface area contributed by atoms with Gasteiger partial charge in [0.25, 0.3) is 5.91 Å². The first-order valence-electron chi connectivity index (χ1n) is 11.4. The van der Waals surface area contributed by atoms with E-state index in [0.717, 1.165) is 27.7 Å². The number of anilines is 1. The van der Waals surface area contributed by atoms with Gasteiger partial charge in [0.15, 0.2) is 0 Å². The zero-order chi connectivity index (χ0) is 23.5. The first-order valence-corrected chi connectivity index (χ1v) is 11.4. The van der Waals surface area contributed by atoms with Crippen LogP contribution in [0.3, 0.4) is 0 Å². The molecule has 4 heterocycles. The maximum absolute atomic E-state index is 13.6. The van der Waals surface area contributed by atoms with E-state index in [1.165, 1.54) is 0 Å². The van der Waals surface area contributed by atoms with Crippen molar-refractivity contribution < 1.29 is 9.59 Å². The van der Waals surface area contributed by atoms with Crippen LogP contribution in [0.15, 0.2) is 73.2 Å². The summed E-state index contributed by atoms with van der Waals surface area (Å²) < 4.78 is 0. The molecule has 0 aliphatic carbocycles. The van der Waals surface area contributed by atoms with Gasteiger partial charge in [-0.15, -0.1) is 0 Å². The lowest BCUT2D eigenvalue weighted by Crippen LogP contribution is -2.41. The van der Waals surface area contributed by atoms with Gasteiger partial charge in [0, 0.05) is 48.5 Å². The minimum atomic E-state index is -0.145. The Labute approximate surface area is 197 Å². The summed E-state index contributed by atoms with van der Waals surface area (Å²) in [6.45, 7) is 3.02. The highest BCUT2D eigenvalue weighted by Gasteiger charge is 2.29. The largest absolute Gasteiger partial charge is 0.339 e. The molecule has 1 fully saturated rings. The van der Waals surface area contributed by atoms with Crippen molar-refractivity contribution in [2.45, 2.75) is 19.8 Å². The number of aryl methyl sites for hydroxylation is 1. The topological polar surface area (TPSA) is 88.1 Å². The van der Waals surface area contributed by atoms with Crippen molar-refractivity contribution in [3.63, 3.8) is 0 Å². The molecule has 4 aromatic rings. The number of likely N-dealkylation sites (tertiary alicyclic amines) is 1. The first-order chi connectivity index (χ1) is 16.6. The second kappa shape index (κ2) is 9.39. The summed E-state index contributed by atoms with van der Waals surface area (Å²) in [5.41, 5.74) is 4.10. The van der Waals surface area contributed by atoms with Crippen LogP contribution in [0.4, 0.5) is 5.82 Å². The molecule has 0 saturated carbocycles. The minimum Gasteiger partial charge on any atom is -0.339 e. The molecular formula is C27H25N5O2. The number of hydrogen-bond donors (Lipinski definition) is 1. The number of piperidine rings is 1. The van der Waals surface area contributed by atoms with E-state index < -0.39 is 0 Å². The average Bonchev–Trinajstić information content (AvgIpc) is 2.88. The van der Waals surface area contributed by atoms with E-state index in [4.69, 9.17) is 4.98 Å². The first kappa shape index (κ1) is 21.7. The molecule has 1 N–H and O–H groups in total. The van der Waals surface area contributed by atoms with Gasteiger partial charge in [-0.25, -0.2) is 9.97 Å². The molecule has 0 bridgehead atoms. The van der Waals surface area contributed by atoms with Crippen molar-refractivity contribution in [2.75, 3.05) is 18.4 Å². The lowest BCUT2D eigenvalue weighted by molar-refractivity contribution is -0.121. The lowest BCUT2D eigenvalue weighted by Gasteiger charge is -2.31. The fourth-order valence-corrected chi connectivity index (χ4v) is 4.37. The van der Waals surface area contributed by atoms with Gasteiger partial charge in [-0.2, -0.15) is 0 Å². The molecule has 1 aromatic carbocycles. The summed E-state index contributed by atoms with van der Waals surface area (Å²) in [5.74, 6) is 0.343. The van der Waals surface area contributed by atoms with E-state index in [9.17, 15) is 9.59 Å². The molecule has 3 aromatic heterocycles. The van der Waals surface area contributed by atoms with Crippen LogP contribution in [0.5, 0.6) is 0 Å². The number of rotatable bonds is 4. The average molecular weight is 452 g/mol. The van der Waals surface area contributed by atoms with E-state index >= 15 is 0 Å². The zero-order valence-corrected chi connectivity index (χ0v) is 18.9. The molecule has 7 nitrogen and oxygen atoms in total. The molecule has 1 aliphatic heterocycles. The summed E-state index contributed by atoms with van der Waals surface area (Å²) in [6.07, 6.45) is 6.35. The summed E-state index contributed by atoms with van der Waals surface area (Å²) in [4.78, 5) is 41.2. The number of amides is 2. The lowest BCUT2D eigenvalue weighted by atomic mass is 9.95. The third kappa shape index (κ3) is 4.50. The second-order valence-corrected chi connectivity index (χ2v) is 8.58. The van der Waals surface area contributed by atoms with Crippen LogP contribution in [-0.4, -0.2) is 44.8 Å². The summed E-state index contributed by atoms with van der Waals surface area (Å²) in [5, 5.41) is 3.74. The van der Waals surface area contributed by atoms with Crippen LogP contribution in [0.2, 0.25) is 0 Å². The molecule has 2 amide bonds. The van der Waals surface area contributed by atoms with Crippen LogP contribution in [0.25, 0.3) is 22.2 Å². The quantitative estimate of drug-likeness (QED) is 0.494. The number of hydrogen-bond acceptors (Lipinski definition) is 5. The highest BCUT2D eigenvalue weighted by atomic mass is 16.2. The molecule has 1 aliphatic rings. The number of nitrogens with one attached hydrogen (secondary N) is 1. The van der Waals surface area contributed by atoms with Gasteiger partial charge in [0.2, 0.25) is 5.91 Å². The van der Waals surface area contributed by atoms with Crippen LogP contribution in [0.1, 0.15) is 28.8 Å². The van der Waals surface area contributed by atoms with E-state index in [0.29, 0.717) is 37.3 Å². The van der Waals surface area contributed by atoms with E-state index in [1.807, 2.05) is 66.4 Å². The normalized spacial score (nSPS) is 14.2. The fourth-order valence-electron chi connectivity index (χ4n) is 4.37. The Kier molecular flexibility index (Phi) is 5.99. The van der Waals surface area contributed by atoms with Crippen LogP contribution < -0.4 is 5.32 Å². The summed E-state index contributed by atoms with van der Waals surface area (Å²) in [7, 11) is 0. The third-order valence-corrected chi connectivity index (χ3v) is 6.24. The predicted octanol–water partition coefficient (Wildman–Crippen LogP) is 4.49. The van der Waals surface area contributed by atoms with Gasteiger partial charge in [0.1, 0.15) is 5.82 Å². The van der Waals surface area contributed by atoms with Crippen molar-refractivity contribution in [3.05, 3.63) is 84.3 Å². The number of para-hydroxylation sites is 1. The van der Waals surface area contributed by atoms with Gasteiger partial charge in [-0.3, -0.25) is 14.6 Å². The number of aromatic nitrogens is 3. The van der Waals surface area contributed by atoms with Crippen LogP contribution in [-0.2, 0) is 4.79 Å². The van der Waals surface area contributed by atoms with Gasteiger partial charge >= 0.3 is 0 Å². The number of benzene rings is 1. The zero-order valence-electron chi connectivity index (χ0n) is 18.9. The molecule has 170 valence electrons. The molecular weight excluding hydrogens is 426 g/mol. The Morgan fingerprint density at radius 1 is 0.971 bits per heavy atom. The monoisotopic (exact) mass is 451 g/mol. The van der Waals surface area contributed by atoms with Gasteiger partial charge in [0.05, 0.1) is 16.8 Å². The van der Waals surface area contributed by atoms with Gasteiger partial charge in [-0.1, -0.05) is 18.2 Å². The van der Waals surface area contributed by atoms with Crippen LogP contribution >= 0.6 is 0 Å². The predicted molar refractivity (Wildman–Crippen MR) is 131 cm³/mol. The third-order valence-electron chi connectivity index (χ3n) is 6.24. The molecule has 0 spiro atoms. The molecule has 0 atom stereocenters. The van der Waals surface area contributed by atoms with E-state index in [1.54, 1.807) is 18.6 Å². The maximum atomic E-state index is 13.6. The van der Waals surface area contributed by atoms with Crippen molar-refractivity contribution in [2.24, 2.45) is 5.92 Å². The summed E-state index contributed by atoms with van der Waals surface area (Å²) in [6, 6.07) is 17.1. The SMILES string of the molecule is Cc1ccnc(NC(=O)C2CCN(C(=O)c3cc(-c4ccncc4)nc4ccccc34)CC2)c1. The maximum Gasteiger partial charge on any atom is 0.254 e. The molecule has 5 rings (SSSR count). The second-order valence-electron chi connectivity index (χ2n) is 8.58. The number of carbonyl (C=O) groups is 2. The van der Waals surface area contributed by atoms with Gasteiger partial charge in [-0.05, 0) is 61.7 Å². The Balaban J connectivity index is 1.33. The number of carbonyl (C=O) groups excluding carboxylic acids is 2. The minimum absolute atomic E-state index is 0.0342. The highest BCUT2D eigenvalue weighted by molar-refractivity contribution is 6.07. The summed E-state index contributed by atoms with van der Waals surface area (Å²) >= 11 is 0. The Bertz CT molecular complexity index is 1350. The Morgan fingerprint density at radius 3 is 2.50 bits per heavy atom. The Hall–Kier alpha value is -4.13. The van der Waals surface area contributed by atoms with E-state index in [2.05, 4.69) is 15.3 Å². The Morgan fingerprint density at radius 2 is 1.74 bits per heavy atom. The van der Waals surface area contributed by atoms with E-state index in [-0.39, 0.29) is 17.7 Å². The highest BCUT2D eigenvalue weighted by Crippen LogP contribution is 2.27. The fraction of sp³-hybridized carbons (Fsp3) is 0.222. The number of fused-ring (bicyclic) bond motifs is 1. The molecule has 7 heteroatoms. The van der Waals surface area contributed by atoms with Crippen molar-refractivity contribution >= 4 is 28.5 Å². The van der Waals surface area contributed by atoms with Crippen molar-refractivity contribution in [1.29, 1.82) is 0 Å². The van der Waals surface area contributed by atoms with Crippen molar-refractivity contribution in [3.8, 4) is 11.3 Å². The molecule has 1 saturated heterocycles. The van der Waals surface area contributed by atoms with Crippen LogP contribution in [0, 0.1) is 12.8 Å². The molecule has 0 radical (unpaired) electrons. The van der Waals surface area contributed by atoms with Crippen molar-refractivity contribution in [1.82, 2.24) is 19.9 Å². The standard InChI is InChI=1S/C27H25N5O2/c1-18-6-13-29-25(16-18)31-26(33)20-9-14-32(15-10-20)27(34)22-17-24(19-7-11-28-12-8-19)30-23-5-3-2-4-21(22)23/h2-8,11-13,16-17,20H,9-10,14-15H2,1H3,(H,29,31,33). The smallest absolute Gasteiger partial charge is 0.254 e. The van der Waals surface area contributed by atoms with Gasteiger partial charge < -0.3 is 10.2 Å². The number of nitrogens with zero attached hydrogens (tertiary/aromatic N) is 4. The molecule has 0 unspecified atom stereocenters.